The largest absolute Gasteiger partial charge is 0.489 e. The number of ether oxygens (including phenoxy) is 1. The van der Waals surface area contributed by atoms with Crippen LogP contribution >= 0.6 is 0 Å². The van der Waals surface area contributed by atoms with E-state index in [1.807, 2.05) is 45.0 Å². The zero-order chi connectivity index (χ0) is 15.2. The summed E-state index contributed by atoms with van der Waals surface area (Å²) in [5.74, 6) is 0.591. The van der Waals surface area contributed by atoms with Gasteiger partial charge < -0.3 is 15.8 Å². The highest BCUT2D eigenvalue weighted by atomic mass is 16.5. The van der Waals surface area contributed by atoms with Gasteiger partial charge in [0, 0.05) is 12.1 Å². The second kappa shape index (κ2) is 7.10. The number of hydrogen-bond acceptors (Lipinski definition) is 3. The quantitative estimate of drug-likeness (QED) is 0.783. The van der Waals surface area contributed by atoms with Crippen LogP contribution in [0, 0.1) is 5.41 Å². The van der Waals surface area contributed by atoms with Crippen LogP contribution in [0.3, 0.4) is 0 Å². The van der Waals surface area contributed by atoms with Crippen LogP contribution in [0.15, 0.2) is 36.9 Å². The molecule has 0 aliphatic rings. The minimum Gasteiger partial charge on any atom is -0.489 e. The van der Waals surface area contributed by atoms with Crippen molar-refractivity contribution >= 4 is 5.91 Å². The average molecular weight is 276 g/mol. The summed E-state index contributed by atoms with van der Waals surface area (Å²) in [5.41, 5.74) is 6.58. The van der Waals surface area contributed by atoms with E-state index in [0.29, 0.717) is 13.2 Å². The Kier molecular flexibility index (Phi) is 5.77. The van der Waals surface area contributed by atoms with Gasteiger partial charge in [-0.3, -0.25) is 4.79 Å². The van der Waals surface area contributed by atoms with Crippen molar-refractivity contribution in [1.29, 1.82) is 0 Å². The molecule has 1 aromatic rings. The van der Waals surface area contributed by atoms with E-state index >= 15 is 0 Å². The van der Waals surface area contributed by atoms with Crippen molar-refractivity contribution in [3.63, 3.8) is 0 Å². The maximum absolute atomic E-state index is 12.0. The molecule has 4 heteroatoms. The summed E-state index contributed by atoms with van der Waals surface area (Å²) in [6.45, 7) is 10.3. The van der Waals surface area contributed by atoms with Gasteiger partial charge in [0.05, 0.1) is 6.04 Å². The first-order valence-electron chi connectivity index (χ1n) is 6.71. The Morgan fingerprint density at radius 2 is 2.10 bits per heavy atom. The molecule has 1 rings (SSSR count). The highest BCUT2D eigenvalue weighted by Gasteiger charge is 2.27. The number of carbonyl (C=O) groups excluding carboxylic acids is 1. The SMILES string of the molecule is C=CCOc1ccccc1CNC(=O)[C@@H](N)C(C)(C)C. The predicted octanol–water partition coefficient (Wildman–Crippen LogP) is 2.24. The third-order valence-electron chi connectivity index (χ3n) is 3.00. The Labute approximate surface area is 121 Å². The molecule has 0 radical (unpaired) electrons. The summed E-state index contributed by atoms with van der Waals surface area (Å²) in [7, 11) is 0. The fourth-order valence-electron chi connectivity index (χ4n) is 1.62. The van der Waals surface area contributed by atoms with Crippen molar-refractivity contribution in [2.45, 2.75) is 33.4 Å². The molecule has 0 bridgehead atoms. The first-order chi connectivity index (χ1) is 9.36. The molecule has 0 spiro atoms. The second-order valence-electron chi connectivity index (χ2n) is 5.77. The van der Waals surface area contributed by atoms with Crippen LogP contribution in [-0.4, -0.2) is 18.6 Å². The first kappa shape index (κ1) is 16.2. The van der Waals surface area contributed by atoms with Crippen LogP contribution in [0.4, 0.5) is 0 Å². The van der Waals surface area contributed by atoms with E-state index in [-0.39, 0.29) is 11.3 Å². The van der Waals surface area contributed by atoms with Crippen LogP contribution in [0.1, 0.15) is 26.3 Å². The van der Waals surface area contributed by atoms with Crippen molar-refractivity contribution in [1.82, 2.24) is 5.32 Å². The lowest BCUT2D eigenvalue weighted by atomic mass is 9.87. The third-order valence-corrected chi connectivity index (χ3v) is 3.00. The van der Waals surface area contributed by atoms with Gasteiger partial charge in [-0.25, -0.2) is 0 Å². The Bertz CT molecular complexity index is 464. The predicted molar refractivity (Wildman–Crippen MR) is 81.4 cm³/mol. The molecule has 0 saturated heterocycles. The van der Waals surface area contributed by atoms with Crippen LogP contribution in [0.25, 0.3) is 0 Å². The summed E-state index contributed by atoms with van der Waals surface area (Å²) >= 11 is 0. The molecule has 1 atom stereocenters. The molecule has 20 heavy (non-hydrogen) atoms. The summed E-state index contributed by atoms with van der Waals surface area (Å²) in [5, 5.41) is 2.85. The van der Waals surface area contributed by atoms with Crippen LogP contribution in [-0.2, 0) is 11.3 Å². The molecule has 0 heterocycles. The maximum atomic E-state index is 12.0. The van der Waals surface area contributed by atoms with Gasteiger partial charge in [-0.05, 0) is 11.5 Å². The lowest BCUT2D eigenvalue weighted by Crippen LogP contribution is -2.48. The first-order valence-corrected chi connectivity index (χ1v) is 6.71. The molecular weight excluding hydrogens is 252 g/mol. The number of amides is 1. The van der Waals surface area contributed by atoms with Gasteiger partial charge in [-0.1, -0.05) is 51.6 Å². The summed E-state index contributed by atoms with van der Waals surface area (Å²) in [4.78, 5) is 12.0. The number of benzene rings is 1. The Morgan fingerprint density at radius 3 is 2.70 bits per heavy atom. The van der Waals surface area contributed by atoms with Crippen molar-refractivity contribution in [3.05, 3.63) is 42.5 Å². The van der Waals surface area contributed by atoms with Crippen molar-refractivity contribution in [3.8, 4) is 5.75 Å². The fraction of sp³-hybridized carbons (Fsp3) is 0.438. The van der Waals surface area contributed by atoms with Gasteiger partial charge in [-0.15, -0.1) is 0 Å². The molecule has 0 fully saturated rings. The smallest absolute Gasteiger partial charge is 0.237 e. The number of para-hydroxylation sites is 1. The molecular formula is C16H24N2O2. The van der Waals surface area contributed by atoms with E-state index < -0.39 is 6.04 Å². The monoisotopic (exact) mass is 276 g/mol. The van der Waals surface area contributed by atoms with Crippen molar-refractivity contribution in [2.24, 2.45) is 11.1 Å². The van der Waals surface area contributed by atoms with E-state index in [4.69, 9.17) is 10.5 Å². The van der Waals surface area contributed by atoms with Crippen molar-refractivity contribution in [2.75, 3.05) is 6.61 Å². The summed E-state index contributed by atoms with van der Waals surface area (Å²) in [6, 6.07) is 7.05. The average Bonchev–Trinajstić information content (AvgIpc) is 2.41. The number of nitrogens with two attached hydrogens (primary N) is 1. The fourth-order valence-corrected chi connectivity index (χ4v) is 1.62. The number of nitrogens with one attached hydrogen (secondary N) is 1. The third kappa shape index (κ3) is 4.70. The van der Waals surface area contributed by atoms with E-state index in [2.05, 4.69) is 11.9 Å². The second-order valence-corrected chi connectivity index (χ2v) is 5.77. The molecule has 3 N–H and O–H groups in total. The van der Waals surface area contributed by atoms with Gasteiger partial charge in [0.1, 0.15) is 12.4 Å². The number of hydrogen-bond donors (Lipinski definition) is 2. The topological polar surface area (TPSA) is 64.3 Å². The Hall–Kier alpha value is -1.81. The van der Waals surface area contributed by atoms with E-state index in [0.717, 1.165) is 11.3 Å². The Morgan fingerprint density at radius 1 is 1.45 bits per heavy atom. The molecule has 0 saturated carbocycles. The molecule has 0 aliphatic carbocycles. The highest BCUT2D eigenvalue weighted by molar-refractivity contribution is 5.82. The summed E-state index contributed by atoms with van der Waals surface area (Å²) < 4.78 is 5.55. The van der Waals surface area contributed by atoms with Gasteiger partial charge in [0.15, 0.2) is 0 Å². The van der Waals surface area contributed by atoms with E-state index in [1.165, 1.54) is 0 Å². The lowest BCUT2D eigenvalue weighted by Gasteiger charge is -2.26. The van der Waals surface area contributed by atoms with E-state index in [9.17, 15) is 4.79 Å². The minimum absolute atomic E-state index is 0.156. The zero-order valence-electron chi connectivity index (χ0n) is 12.5. The lowest BCUT2D eigenvalue weighted by molar-refractivity contribution is -0.124. The maximum Gasteiger partial charge on any atom is 0.237 e. The number of carbonyl (C=O) groups is 1. The molecule has 0 unspecified atom stereocenters. The minimum atomic E-state index is -0.538. The van der Waals surface area contributed by atoms with Crippen LogP contribution < -0.4 is 15.8 Å². The molecule has 110 valence electrons. The Balaban J connectivity index is 2.66. The van der Waals surface area contributed by atoms with Crippen LogP contribution in [0.2, 0.25) is 0 Å². The molecule has 0 aromatic heterocycles. The van der Waals surface area contributed by atoms with Gasteiger partial charge in [0.2, 0.25) is 5.91 Å². The molecule has 4 nitrogen and oxygen atoms in total. The summed E-state index contributed by atoms with van der Waals surface area (Å²) in [6.07, 6.45) is 1.69. The van der Waals surface area contributed by atoms with E-state index in [1.54, 1.807) is 6.08 Å². The van der Waals surface area contributed by atoms with Crippen LogP contribution in [0.5, 0.6) is 5.75 Å². The number of rotatable bonds is 6. The molecule has 0 aliphatic heterocycles. The standard InChI is InChI=1S/C16H24N2O2/c1-5-10-20-13-9-7-6-8-12(13)11-18-15(19)14(17)16(2,3)4/h5-9,14H,1,10-11,17H2,2-4H3,(H,18,19)/t14-/m1/s1. The van der Waals surface area contributed by atoms with Gasteiger partial charge >= 0.3 is 0 Å². The van der Waals surface area contributed by atoms with Crippen molar-refractivity contribution < 1.29 is 9.53 Å². The normalized spacial score (nSPS) is 12.6. The zero-order valence-corrected chi connectivity index (χ0v) is 12.5. The van der Waals surface area contributed by atoms with Gasteiger partial charge in [0.25, 0.3) is 0 Å². The highest BCUT2D eigenvalue weighted by Crippen LogP contribution is 2.19. The molecule has 1 aromatic carbocycles. The van der Waals surface area contributed by atoms with Gasteiger partial charge in [-0.2, -0.15) is 0 Å². The molecule has 1 amide bonds.